The van der Waals surface area contributed by atoms with Crippen LogP contribution in [0.15, 0.2) is 17.6 Å². The first-order chi connectivity index (χ1) is 10.3. The maximum Gasteiger partial charge on any atom is 0.264 e. The molecule has 1 N–H and O–H groups in total. The van der Waals surface area contributed by atoms with Crippen molar-refractivity contribution in [3.8, 4) is 0 Å². The molecular formula is C14H15N3O2S2. The highest BCUT2D eigenvalue weighted by Gasteiger charge is 2.25. The van der Waals surface area contributed by atoms with Gasteiger partial charge in [0.05, 0.1) is 10.4 Å². The van der Waals surface area contributed by atoms with E-state index in [-0.39, 0.29) is 18.4 Å². The van der Waals surface area contributed by atoms with Gasteiger partial charge in [-0.2, -0.15) is 0 Å². The zero-order valence-electron chi connectivity index (χ0n) is 11.4. The monoisotopic (exact) mass is 321 g/mol. The van der Waals surface area contributed by atoms with Gasteiger partial charge in [0.25, 0.3) is 5.91 Å². The van der Waals surface area contributed by atoms with Crippen LogP contribution >= 0.6 is 22.7 Å². The van der Waals surface area contributed by atoms with Crippen LogP contribution in [0.2, 0.25) is 0 Å². The van der Waals surface area contributed by atoms with Gasteiger partial charge in [0.1, 0.15) is 4.83 Å². The van der Waals surface area contributed by atoms with E-state index in [1.807, 2.05) is 26.9 Å². The molecule has 1 atom stereocenters. The Hall–Kier alpha value is -1.44. The molecule has 0 saturated carbocycles. The summed E-state index contributed by atoms with van der Waals surface area (Å²) in [5.74, 6) is 0.289. The molecule has 1 saturated heterocycles. The number of carbonyl (C=O) groups excluding carboxylic acids is 1. The number of hydrogen-bond acceptors (Lipinski definition) is 5. The molecule has 1 aliphatic rings. The SMILES string of the molecule is O=C(c1cc2c(nc3sccn32)s1)N1CCCC(CO)C1. The molecule has 4 heterocycles. The Balaban J connectivity index is 1.65. The van der Waals surface area contributed by atoms with E-state index in [0.717, 1.165) is 39.6 Å². The summed E-state index contributed by atoms with van der Waals surface area (Å²) in [5.41, 5.74) is 1.01. The lowest BCUT2D eigenvalue weighted by molar-refractivity contribution is 0.0625. The predicted octanol–water partition coefficient (Wildman–Crippen LogP) is 2.46. The van der Waals surface area contributed by atoms with Gasteiger partial charge in [-0.15, -0.1) is 22.7 Å². The zero-order chi connectivity index (χ0) is 14.4. The number of rotatable bonds is 2. The number of carbonyl (C=O) groups is 1. The average Bonchev–Trinajstić information content (AvgIpc) is 3.18. The third-order valence-electron chi connectivity index (χ3n) is 4.01. The number of likely N-dealkylation sites (tertiary alicyclic amines) is 1. The summed E-state index contributed by atoms with van der Waals surface area (Å²) in [4.78, 5) is 21.7. The zero-order valence-corrected chi connectivity index (χ0v) is 13.0. The standard InChI is InChI=1S/C14H15N3O2S2/c18-8-9-2-1-3-16(7-9)13(19)11-6-10-12(21-11)15-14-17(10)4-5-20-14/h4-6,9,18H,1-3,7-8H2. The normalized spacial score (nSPS) is 19.7. The van der Waals surface area contributed by atoms with Crippen molar-refractivity contribution in [3.05, 3.63) is 22.5 Å². The van der Waals surface area contributed by atoms with Crippen LogP contribution in [0.1, 0.15) is 22.5 Å². The number of amides is 1. The number of nitrogens with zero attached hydrogens (tertiary/aromatic N) is 3. The molecule has 7 heteroatoms. The van der Waals surface area contributed by atoms with E-state index in [1.54, 1.807) is 11.3 Å². The van der Waals surface area contributed by atoms with Crippen LogP contribution in [-0.2, 0) is 0 Å². The number of aliphatic hydroxyl groups excluding tert-OH is 1. The molecule has 5 nitrogen and oxygen atoms in total. The molecule has 110 valence electrons. The van der Waals surface area contributed by atoms with Crippen molar-refractivity contribution >= 4 is 43.9 Å². The van der Waals surface area contributed by atoms with Gasteiger partial charge in [-0.05, 0) is 24.8 Å². The topological polar surface area (TPSA) is 57.8 Å². The van der Waals surface area contributed by atoms with Crippen LogP contribution in [-0.4, -0.2) is 45.0 Å². The summed E-state index contributed by atoms with van der Waals surface area (Å²) in [6.45, 7) is 1.60. The van der Waals surface area contributed by atoms with Crippen LogP contribution in [0, 0.1) is 5.92 Å². The Bertz CT molecular complexity index is 804. The fraction of sp³-hybridized carbons (Fsp3) is 0.429. The minimum atomic E-state index is 0.0696. The molecular weight excluding hydrogens is 306 g/mol. The summed E-state index contributed by atoms with van der Waals surface area (Å²) >= 11 is 3.06. The number of aromatic nitrogens is 2. The third kappa shape index (κ3) is 2.16. The molecule has 0 bridgehead atoms. The van der Waals surface area contributed by atoms with Gasteiger partial charge < -0.3 is 10.0 Å². The Morgan fingerprint density at radius 1 is 1.52 bits per heavy atom. The van der Waals surface area contributed by atoms with Gasteiger partial charge in [-0.25, -0.2) is 4.98 Å². The smallest absolute Gasteiger partial charge is 0.264 e. The molecule has 0 spiro atoms. The number of hydrogen-bond donors (Lipinski definition) is 1. The minimum absolute atomic E-state index is 0.0696. The molecule has 0 radical (unpaired) electrons. The summed E-state index contributed by atoms with van der Waals surface area (Å²) in [6.07, 6.45) is 3.96. The second-order valence-electron chi connectivity index (χ2n) is 5.41. The van der Waals surface area contributed by atoms with Gasteiger partial charge in [0.2, 0.25) is 0 Å². The van der Waals surface area contributed by atoms with Crippen LogP contribution in [0.5, 0.6) is 0 Å². The van der Waals surface area contributed by atoms with E-state index in [4.69, 9.17) is 0 Å². The second kappa shape index (κ2) is 5.08. The van der Waals surface area contributed by atoms with Crippen LogP contribution < -0.4 is 0 Å². The average molecular weight is 321 g/mol. The molecule has 3 aromatic rings. The van der Waals surface area contributed by atoms with Crippen molar-refractivity contribution in [1.82, 2.24) is 14.3 Å². The predicted molar refractivity (Wildman–Crippen MR) is 84.2 cm³/mol. The number of fused-ring (bicyclic) bond motifs is 3. The highest BCUT2D eigenvalue weighted by Crippen LogP contribution is 2.29. The first-order valence-corrected chi connectivity index (χ1v) is 8.71. The lowest BCUT2D eigenvalue weighted by Crippen LogP contribution is -2.40. The summed E-state index contributed by atoms with van der Waals surface area (Å²) < 4.78 is 2.03. The summed E-state index contributed by atoms with van der Waals surface area (Å²) in [7, 11) is 0. The van der Waals surface area contributed by atoms with Crippen molar-refractivity contribution in [3.63, 3.8) is 0 Å². The van der Waals surface area contributed by atoms with Crippen molar-refractivity contribution in [2.24, 2.45) is 5.92 Å². The highest BCUT2D eigenvalue weighted by atomic mass is 32.1. The highest BCUT2D eigenvalue weighted by molar-refractivity contribution is 7.21. The number of thiophene rings is 1. The van der Waals surface area contributed by atoms with Crippen LogP contribution in [0.25, 0.3) is 15.3 Å². The van der Waals surface area contributed by atoms with E-state index >= 15 is 0 Å². The Morgan fingerprint density at radius 2 is 2.43 bits per heavy atom. The lowest BCUT2D eigenvalue weighted by Gasteiger charge is -2.31. The Morgan fingerprint density at radius 3 is 3.29 bits per heavy atom. The van der Waals surface area contributed by atoms with Gasteiger partial charge in [-0.3, -0.25) is 9.20 Å². The third-order valence-corrected chi connectivity index (χ3v) is 5.78. The molecule has 0 aromatic carbocycles. The van der Waals surface area contributed by atoms with Gasteiger partial charge >= 0.3 is 0 Å². The van der Waals surface area contributed by atoms with Crippen molar-refractivity contribution in [1.29, 1.82) is 0 Å². The van der Waals surface area contributed by atoms with Gasteiger partial charge in [0, 0.05) is 31.3 Å². The Labute approximate surface area is 129 Å². The molecule has 3 aromatic heterocycles. The first kappa shape index (κ1) is 13.2. The Kier molecular flexibility index (Phi) is 3.20. The largest absolute Gasteiger partial charge is 0.396 e. The summed E-state index contributed by atoms with van der Waals surface area (Å²) in [5, 5.41) is 11.3. The molecule has 21 heavy (non-hydrogen) atoms. The van der Waals surface area contributed by atoms with E-state index in [1.165, 1.54) is 11.3 Å². The van der Waals surface area contributed by atoms with E-state index in [0.29, 0.717) is 6.54 Å². The fourth-order valence-electron chi connectivity index (χ4n) is 2.91. The lowest BCUT2D eigenvalue weighted by atomic mass is 9.99. The number of aliphatic hydroxyl groups is 1. The molecule has 0 aliphatic carbocycles. The quantitative estimate of drug-likeness (QED) is 0.789. The maximum absolute atomic E-state index is 12.6. The van der Waals surface area contributed by atoms with E-state index < -0.39 is 0 Å². The number of piperidine rings is 1. The van der Waals surface area contributed by atoms with Gasteiger partial charge in [0.15, 0.2) is 4.96 Å². The first-order valence-electron chi connectivity index (χ1n) is 7.01. The van der Waals surface area contributed by atoms with Crippen LogP contribution in [0.4, 0.5) is 0 Å². The molecule has 1 aliphatic heterocycles. The second-order valence-corrected chi connectivity index (χ2v) is 7.31. The van der Waals surface area contributed by atoms with Gasteiger partial charge in [-0.1, -0.05) is 0 Å². The molecule has 1 unspecified atom stereocenters. The van der Waals surface area contributed by atoms with E-state index in [9.17, 15) is 9.90 Å². The van der Waals surface area contributed by atoms with Crippen molar-refractivity contribution in [2.45, 2.75) is 12.8 Å². The molecule has 1 amide bonds. The minimum Gasteiger partial charge on any atom is -0.396 e. The summed E-state index contributed by atoms with van der Waals surface area (Å²) in [6, 6.07) is 1.94. The maximum atomic E-state index is 12.6. The van der Waals surface area contributed by atoms with Crippen molar-refractivity contribution in [2.75, 3.05) is 19.7 Å². The van der Waals surface area contributed by atoms with E-state index in [2.05, 4.69) is 4.98 Å². The molecule has 4 rings (SSSR count). The number of imidazole rings is 1. The molecule has 1 fully saturated rings. The van der Waals surface area contributed by atoms with Crippen molar-refractivity contribution < 1.29 is 9.90 Å². The number of thiazole rings is 1. The van der Waals surface area contributed by atoms with Crippen LogP contribution in [0.3, 0.4) is 0 Å². The fourth-order valence-corrected chi connectivity index (χ4v) is 4.68.